The number of primary amides is 1. The number of benzene rings is 1. The Morgan fingerprint density at radius 3 is 2.14 bits per heavy atom. The summed E-state index contributed by atoms with van der Waals surface area (Å²) in [4.78, 5) is 25.0. The van der Waals surface area contributed by atoms with Gasteiger partial charge in [0.2, 0.25) is 5.91 Å². The Bertz CT molecular complexity index is 477. The molecule has 0 atom stereocenters. The van der Waals surface area contributed by atoms with Crippen molar-refractivity contribution in [2.24, 2.45) is 5.73 Å². The minimum atomic E-state index is -0.474. The zero-order chi connectivity index (χ0) is 15.1. The van der Waals surface area contributed by atoms with Crippen LogP contribution in [0.5, 0.6) is 5.75 Å². The van der Waals surface area contributed by atoms with Gasteiger partial charge in [0, 0.05) is 18.7 Å². The van der Waals surface area contributed by atoms with Crippen molar-refractivity contribution in [1.29, 1.82) is 0 Å². The Morgan fingerprint density at radius 1 is 1.00 bits per heavy atom. The first-order chi connectivity index (χ1) is 10.2. The van der Waals surface area contributed by atoms with E-state index in [-0.39, 0.29) is 12.5 Å². The molecule has 1 aromatic rings. The van der Waals surface area contributed by atoms with Crippen molar-refractivity contribution in [3.63, 3.8) is 0 Å². The fourth-order valence-corrected chi connectivity index (χ4v) is 2.45. The highest BCUT2D eigenvalue weighted by molar-refractivity contribution is 5.92. The van der Waals surface area contributed by atoms with Crippen LogP contribution in [0.1, 0.15) is 42.5 Å². The summed E-state index contributed by atoms with van der Waals surface area (Å²) in [5, 5.41) is 0. The molecule has 21 heavy (non-hydrogen) atoms. The number of hydrogen-bond donors (Lipinski definition) is 1. The van der Waals surface area contributed by atoms with Crippen molar-refractivity contribution >= 4 is 11.8 Å². The van der Waals surface area contributed by atoms with Crippen LogP contribution in [0.4, 0.5) is 0 Å². The van der Waals surface area contributed by atoms with Crippen molar-refractivity contribution < 1.29 is 14.3 Å². The lowest BCUT2D eigenvalue weighted by atomic mass is 10.1. The molecule has 5 heteroatoms. The molecule has 0 radical (unpaired) electrons. The van der Waals surface area contributed by atoms with Crippen molar-refractivity contribution in [2.45, 2.75) is 32.1 Å². The number of ether oxygens (including phenoxy) is 1. The molecule has 0 bridgehead atoms. The van der Waals surface area contributed by atoms with E-state index < -0.39 is 5.91 Å². The minimum absolute atomic E-state index is 0.0240. The van der Waals surface area contributed by atoms with Gasteiger partial charge < -0.3 is 15.4 Å². The molecular weight excluding hydrogens is 268 g/mol. The third kappa shape index (κ3) is 4.77. The summed E-state index contributed by atoms with van der Waals surface area (Å²) in [6.45, 7) is 1.68. The van der Waals surface area contributed by atoms with Gasteiger partial charge in [0.15, 0.2) is 6.61 Å². The van der Waals surface area contributed by atoms with E-state index in [2.05, 4.69) is 0 Å². The molecule has 2 amide bonds. The third-order valence-electron chi connectivity index (χ3n) is 3.71. The van der Waals surface area contributed by atoms with E-state index in [4.69, 9.17) is 10.5 Å². The summed E-state index contributed by atoms with van der Waals surface area (Å²) in [7, 11) is 0. The maximum atomic E-state index is 12.1. The maximum Gasteiger partial charge on any atom is 0.260 e. The molecular formula is C16H22N2O3. The molecule has 1 aliphatic rings. The lowest BCUT2D eigenvalue weighted by Gasteiger charge is -2.24. The van der Waals surface area contributed by atoms with Crippen LogP contribution in [0.25, 0.3) is 0 Å². The molecule has 1 aliphatic heterocycles. The highest BCUT2D eigenvalue weighted by Gasteiger charge is 2.15. The van der Waals surface area contributed by atoms with E-state index in [0.717, 1.165) is 25.9 Å². The molecule has 1 aromatic carbocycles. The smallest absolute Gasteiger partial charge is 0.260 e. The monoisotopic (exact) mass is 290 g/mol. The normalized spacial score (nSPS) is 15.9. The van der Waals surface area contributed by atoms with Gasteiger partial charge in [-0.25, -0.2) is 0 Å². The minimum Gasteiger partial charge on any atom is -0.484 e. The summed E-state index contributed by atoms with van der Waals surface area (Å²) in [6, 6.07) is 6.50. The molecule has 2 N–H and O–H groups in total. The van der Waals surface area contributed by atoms with Crippen molar-refractivity contribution in [2.75, 3.05) is 19.7 Å². The highest BCUT2D eigenvalue weighted by atomic mass is 16.5. The van der Waals surface area contributed by atoms with E-state index in [1.165, 1.54) is 19.3 Å². The molecule has 1 heterocycles. The summed E-state index contributed by atoms with van der Waals surface area (Å²) < 4.78 is 5.48. The average Bonchev–Trinajstić information content (AvgIpc) is 2.45. The number of hydrogen-bond acceptors (Lipinski definition) is 3. The van der Waals surface area contributed by atoms with Gasteiger partial charge in [-0.2, -0.15) is 0 Å². The number of amides is 2. The van der Waals surface area contributed by atoms with Crippen LogP contribution in [-0.4, -0.2) is 36.4 Å². The van der Waals surface area contributed by atoms with E-state index in [1.807, 2.05) is 4.90 Å². The Labute approximate surface area is 125 Å². The number of likely N-dealkylation sites (tertiary alicyclic amines) is 1. The zero-order valence-corrected chi connectivity index (χ0v) is 12.2. The fraction of sp³-hybridized carbons (Fsp3) is 0.500. The third-order valence-corrected chi connectivity index (χ3v) is 3.71. The molecule has 1 fully saturated rings. The first-order valence-corrected chi connectivity index (χ1v) is 7.47. The van der Waals surface area contributed by atoms with Gasteiger partial charge in [-0.05, 0) is 37.1 Å². The summed E-state index contributed by atoms with van der Waals surface area (Å²) in [5.74, 6) is 0.120. The predicted octanol–water partition coefficient (Wildman–Crippen LogP) is 1.96. The van der Waals surface area contributed by atoms with Gasteiger partial charge in [0.25, 0.3) is 5.91 Å². The largest absolute Gasteiger partial charge is 0.484 e. The van der Waals surface area contributed by atoms with Gasteiger partial charge in [0.1, 0.15) is 5.75 Å². The highest BCUT2D eigenvalue weighted by Crippen LogP contribution is 2.13. The first kappa shape index (κ1) is 15.4. The van der Waals surface area contributed by atoms with Gasteiger partial charge >= 0.3 is 0 Å². The number of carbonyl (C=O) groups excluding carboxylic acids is 2. The van der Waals surface area contributed by atoms with Crippen molar-refractivity contribution in [3.05, 3.63) is 29.8 Å². The van der Waals surface area contributed by atoms with Gasteiger partial charge in [-0.15, -0.1) is 0 Å². The Hall–Kier alpha value is -2.04. The van der Waals surface area contributed by atoms with E-state index >= 15 is 0 Å². The number of nitrogens with zero attached hydrogens (tertiary/aromatic N) is 1. The van der Waals surface area contributed by atoms with Crippen LogP contribution >= 0.6 is 0 Å². The van der Waals surface area contributed by atoms with E-state index in [0.29, 0.717) is 11.3 Å². The molecule has 0 unspecified atom stereocenters. The summed E-state index contributed by atoms with van der Waals surface area (Å²) in [5.41, 5.74) is 5.60. The molecule has 2 rings (SSSR count). The summed E-state index contributed by atoms with van der Waals surface area (Å²) in [6.07, 6.45) is 5.79. The van der Waals surface area contributed by atoms with Crippen LogP contribution in [0.2, 0.25) is 0 Å². The number of nitrogens with two attached hydrogens (primary N) is 1. The van der Waals surface area contributed by atoms with Crippen molar-refractivity contribution in [3.8, 4) is 5.75 Å². The second-order valence-electron chi connectivity index (χ2n) is 5.33. The average molecular weight is 290 g/mol. The lowest BCUT2D eigenvalue weighted by Crippen LogP contribution is -2.37. The Morgan fingerprint density at radius 2 is 1.57 bits per heavy atom. The SMILES string of the molecule is NC(=O)c1ccc(OCC(=O)N2CCCCCCC2)cc1. The fourth-order valence-electron chi connectivity index (χ4n) is 2.45. The van der Waals surface area contributed by atoms with E-state index in [1.54, 1.807) is 24.3 Å². The molecule has 0 saturated carbocycles. The molecule has 114 valence electrons. The topological polar surface area (TPSA) is 72.6 Å². The van der Waals surface area contributed by atoms with Crippen LogP contribution in [0, 0.1) is 0 Å². The quantitative estimate of drug-likeness (QED) is 0.921. The molecule has 0 spiro atoms. The zero-order valence-electron chi connectivity index (χ0n) is 12.2. The molecule has 0 aliphatic carbocycles. The number of rotatable bonds is 4. The van der Waals surface area contributed by atoms with Gasteiger partial charge in [0.05, 0.1) is 0 Å². The second kappa shape index (κ2) is 7.67. The maximum absolute atomic E-state index is 12.1. The summed E-state index contributed by atoms with van der Waals surface area (Å²) >= 11 is 0. The van der Waals surface area contributed by atoms with Gasteiger partial charge in [-0.3, -0.25) is 9.59 Å². The van der Waals surface area contributed by atoms with Crippen LogP contribution < -0.4 is 10.5 Å². The lowest BCUT2D eigenvalue weighted by molar-refractivity contribution is -0.133. The van der Waals surface area contributed by atoms with Crippen LogP contribution in [0.15, 0.2) is 24.3 Å². The Balaban J connectivity index is 1.83. The number of carbonyl (C=O) groups is 2. The molecule has 5 nitrogen and oxygen atoms in total. The molecule has 1 saturated heterocycles. The van der Waals surface area contributed by atoms with Crippen molar-refractivity contribution in [1.82, 2.24) is 4.90 Å². The Kier molecular flexibility index (Phi) is 5.60. The second-order valence-corrected chi connectivity index (χ2v) is 5.33. The standard InChI is InChI=1S/C16H22N2O3/c17-16(20)13-6-8-14(9-7-13)21-12-15(19)18-10-4-2-1-3-5-11-18/h6-9H,1-5,10-12H2,(H2,17,20). The molecule has 0 aromatic heterocycles. The van der Waals surface area contributed by atoms with Crippen LogP contribution in [-0.2, 0) is 4.79 Å². The van der Waals surface area contributed by atoms with Gasteiger partial charge in [-0.1, -0.05) is 19.3 Å². The first-order valence-electron chi connectivity index (χ1n) is 7.47. The predicted molar refractivity (Wildman–Crippen MR) is 80.1 cm³/mol. The van der Waals surface area contributed by atoms with E-state index in [9.17, 15) is 9.59 Å². The van der Waals surface area contributed by atoms with Crippen LogP contribution in [0.3, 0.4) is 0 Å².